The Morgan fingerprint density at radius 2 is 1.05 bits per heavy atom. The highest BCUT2D eigenvalue weighted by atomic mass is 16.5. The van der Waals surface area contributed by atoms with E-state index in [-0.39, 0.29) is 6.23 Å². The van der Waals surface area contributed by atoms with Gasteiger partial charge in [-0.15, -0.1) is 0 Å². The topological polar surface area (TPSA) is 24.5 Å². The van der Waals surface area contributed by atoms with E-state index in [1.807, 2.05) is 6.07 Å². The van der Waals surface area contributed by atoms with Crippen LogP contribution in [-0.4, -0.2) is 0 Å². The van der Waals surface area contributed by atoms with Crippen molar-refractivity contribution in [3.63, 3.8) is 0 Å². The van der Waals surface area contributed by atoms with E-state index in [4.69, 9.17) is 4.74 Å². The fourth-order valence-electron chi connectivity index (χ4n) is 6.14. The van der Waals surface area contributed by atoms with Crippen LogP contribution < -0.4 is 15.0 Å². The van der Waals surface area contributed by atoms with E-state index in [1.54, 1.807) is 0 Å². The van der Waals surface area contributed by atoms with E-state index in [9.17, 15) is 0 Å². The first-order valence-electron chi connectivity index (χ1n) is 14.3. The van der Waals surface area contributed by atoms with Crippen LogP contribution in [0.25, 0.3) is 32.7 Å². The summed E-state index contributed by atoms with van der Waals surface area (Å²) >= 11 is 0. The molecular weight excluding hydrogens is 512 g/mol. The lowest BCUT2D eigenvalue weighted by Crippen LogP contribution is -2.10. The maximum Gasteiger partial charge on any atom is 0.196 e. The zero-order chi connectivity index (χ0) is 27.9. The quantitative estimate of drug-likeness (QED) is 0.220. The number of hydrogen-bond donors (Lipinski definition) is 1. The first-order chi connectivity index (χ1) is 20.8. The second kappa shape index (κ2) is 10.1. The summed E-state index contributed by atoms with van der Waals surface area (Å²) in [6.45, 7) is 0. The van der Waals surface area contributed by atoms with Crippen molar-refractivity contribution in [1.29, 1.82) is 0 Å². The SMILES string of the molecule is c1ccc(-c2ccc(N(c3ccccc3)c3cccc4c5c(c6ccccc6c34)NC(c3ccccc3)O5)cc2)cc1. The molecule has 0 amide bonds. The monoisotopic (exact) mass is 540 g/mol. The van der Waals surface area contributed by atoms with Gasteiger partial charge < -0.3 is 15.0 Å². The lowest BCUT2D eigenvalue weighted by Gasteiger charge is -2.28. The zero-order valence-electron chi connectivity index (χ0n) is 22.9. The Balaban J connectivity index is 1.34. The summed E-state index contributed by atoms with van der Waals surface area (Å²) in [7, 11) is 0. The van der Waals surface area contributed by atoms with Crippen LogP contribution in [0.2, 0.25) is 0 Å². The molecule has 3 nitrogen and oxygen atoms in total. The van der Waals surface area contributed by atoms with Crippen molar-refractivity contribution in [3.05, 3.63) is 163 Å². The minimum atomic E-state index is -0.241. The highest BCUT2D eigenvalue weighted by molar-refractivity contribution is 6.22. The van der Waals surface area contributed by atoms with Gasteiger partial charge in [0.05, 0.1) is 11.4 Å². The zero-order valence-corrected chi connectivity index (χ0v) is 22.9. The second-order valence-electron chi connectivity index (χ2n) is 10.6. The molecule has 7 aromatic carbocycles. The van der Waals surface area contributed by atoms with Gasteiger partial charge in [0.25, 0.3) is 0 Å². The predicted molar refractivity (Wildman–Crippen MR) is 175 cm³/mol. The Hall–Kier alpha value is -5.54. The highest BCUT2D eigenvalue weighted by Gasteiger charge is 2.29. The van der Waals surface area contributed by atoms with Crippen molar-refractivity contribution >= 4 is 44.3 Å². The summed E-state index contributed by atoms with van der Waals surface area (Å²) in [5.41, 5.74) is 7.85. The smallest absolute Gasteiger partial charge is 0.196 e. The molecule has 8 rings (SSSR count). The number of para-hydroxylation sites is 1. The number of rotatable bonds is 5. The van der Waals surface area contributed by atoms with Gasteiger partial charge in [-0.3, -0.25) is 0 Å². The fourth-order valence-corrected chi connectivity index (χ4v) is 6.14. The van der Waals surface area contributed by atoms with Crippen molar-refractivity contribution in [2.45, 2.75) is 6.23 Å². The third-order valence-corrected chi connectivity index (χ3v) is 8.08. The van der Waals surface area contributed by atoms with Crippen LogP contribution in [0.4, 0.5) is 22.7 Å². The van der Waals surface area contributed by atoms with Gasteiger partial charge in [-0.2, -0.15) is 0 Å². The molecule has 200 valence electrons. The average Bonchev–Trinajstić information content (AvgIpc) is 3.53. The molecule has 7 aromatic rings. The molecule has 0 saturated carbocycles. The second-order valence-corrected chi connectivity index (χ2v) is 10.6. The van der Waals surface area contributed by atoms with Crippen molar-refractivity contribution < 1.29 is 4.74 Å². The standard InChI is InChI=1S/C39H28N2O/c1-4-13-27(14-5-1)28-23-25-31(26-24-28)41(30-17-8-3-9-18-30)35-22-12-21-34-36(35)32-19-10-11-20-33(32)37-38(34)42-39(40-37)29-15-6-2-7-16-29/h1-26,39-40H. The van der Waals surface area contributed by atoms with Gasteiger partial charge in [0.1, 0.15) is 0 Å². The van der Waals surface area contributed by atoms with Crippen molar-refractivity contribution in [3.8, 4) is 16.9 Å². The molecule has 1 N–H and O–H groups in total. The first kappa shape index (κ1) is 24.3. The van der Waals surface area contributed by atoms with Crippen molar-refractivity contribution in [2.24, 2.45) is 0 Å². The molecule has 42 heavy (non-hydrogen) atoms. The number of hydrogen-bond acceptors (Lipinski definition) is 3. The van der Waals surface area contributed by atoms with E-state index in [2.05, 4.69) is 162 Å². The number of anilines is 4. The minimum Gasteiger partial charge on any atom is -0.464 e. The molecule has 0 spiro atoms. The van der Waals surface area contributed by atoms with E-state index in [0.29, 0.717) is 0 Å². The molecule has 0 radical (unpaired) electrons. The summed E-state index contributed by atoms with van der Waals surface area (Å²) in [6.07, 6.45) is -0.241. The maximum atomic E-state index is 6.70. The number of nitrogens with one attached hydrogen (secondary N) is 1. The number of nitrogens with zero attached hydrogens (tertiary/aromatic N) is 1. The lowest BCUT2D eigenvalue weighted by atomic mass is 9.96. The van der Waals surface area contributed by atoms with E-state index < -0.39 is 0 Å². The Kier molecular flexibility index (Phi) is 5.86. The molecular formula is C39H28N2O. The van der Waals surface area contributed by atoms with Gasteiger partial charge in [-0.05, 0) is 46.8 Å². The molecule has 1 atom stereocenters. The summed E-state index contributed by atoms with van der Waals surface area (Å²) in [5, 5.41) is 8.28. The molecule has 1 heterocycles. The van der Waals surface area contributed by atoms with Crippen LogP contribution in [0.5, 0.6) is 5.75 Å². The molecule has 0 aromatic heterocycles. The summed E-state index contributed by atoms with van der Waals surface area (Å²) in [4.78, 5) is 2.35. The molecule has 0 saturated heterocycles. The fraction of sp³-hybridized carbons (Fsp3) is 0.0256. The summed E-state index contributed by atoms with van der Waals surface area (Å²) in [6, 6.07) is 55.5. The average molecular weight is 541 g/mol. The summed E-state index contributed by atoms with van der Waals surface area (Å²) < 4.78 is 6.70. The number of benzene rings is 7. The van der Waals surface area contributed by atoms with Crippen LogP contribution >= 0.6 is 0 Å². The van der Waals surface area contributed by atoms with Gasteiger partial charge >= 0.3 is 0 Å². The molecule has 0 fully saturated rings. The van der Waals surface area contributed by atoms with Gasteiger partial charge in [0, 0.05) is 33.1 Å². The van der Waals surface area contributed by atoms with E-state index in [0.717, 1.165) is 44.8 Å². The van der Waals surface area contributed by atoms with Crippen molar-refractivity contribution in [2.75, 3.05) is 10.2 Å². The molecule has 0 aliphatic carbocycles. The first-order valence-corrected chi connectivity index (χ1v) is 14.3. The Labute approximate surface area is 245 Å². The third-order valence-electron chi connectivity index (χ3n) is 8.08. The highest BCUT2D eigenvalue weighted by Crippen LogP contribution is 2.52. The van der Waals surface area contributed by atoms with Gasteiger partial charge in [0.2, 0.25) is 0 Å². The molecule has 1 unspecified atom stereocenters. The molecule has 3 heteroatoms. The van der Waals surface area contributed by atoms with Crippen molar-refractivity contribution in [1.82, 2.24) is 0 Å². The number of fused-ring (bicyclic) bond motifs is 6. The normalized spacial score (nSPS) is 13.9. The van der Waals surface area contributed by atoms with Crippen LogP contribution in [-0.2, 0) is 0 Å². The largest absolute Gasteiger partial charge is 0.464 e. The van der Waals surface area contributed by atoms with Gasteiger partial charge in [-0.1, -0.05) is 127 Å². The van der Waals surface area contributed by atoms with Crippen LogP contribution in [0, 0.1) is 0 Å². The van der Waals surface area contributed by atoms with Crippen LogP contribution in [0.15, 0.2) is 158 Å². The number of ether oxygens (including phenoxy) is 1. The maximum absolute atomic E-state index is 6.70. The molecule has 0 bridgehead atoms. The van der Waals surface area contributed by atoms with Crippen LogP contribution in [0.1, 0.15) is 11.8 Å². The Bertz CT molecular complexity index is 2020. The Morgan fingerprint density at radius 3 is 1.79 bits per heavy atom. The van der Waals surface area contributed by atoms with Gasteiger partial charge in [0.15, 0.2) is 12.0 Å². The molecule has 1 aliphatic rings. The van der Waals surface area contributed by atoms with Crippen LogP contribution in [0.3, 0.4) is 0 Å². The lowest BCUT2D eigenvalue weighted by molar-refractivity contribution is 0.262. The third kappa shape index (κ3) is 4.06. The predicted octanol–water partition coefficient (Wildman–Crippen LogP) is 10.6. The van der Waals surface area contributed by atoms with E-state index >= 15 is 0 Å². The minimum absolute atomic E-state index is 0.241. The summed E-state index contributed by atoms with van der Waals surface area (Å²) in [5.74, 6) is 0.895. The van der Waals surface area contributed by atoms with E-state index in [1.165, 1.54) is 21.9 Å². The van der Waals surface area contributed by atoms with Gasteiger partial charge in [-0.25, -0.2) is 0 Å². The molecule has 1 aliphatic heterocycles. The Morgan fingerprint density at radius 1 is 0.476 bits per heavy atom.